The Hall–Kier alpha value is -0.370. The van der Waals surface area contributed by atoms with Crippen molar-refractivity contribution in [1.29, 1.82) is 0 Å². The third kappa shape index (κ3) is 5.95. The van der Waals surface area contributed by atoms with Crippen LogP contribution in [-0.4, -0.2) is 41.2 Å². The predicted molar refractivity (Wildman–Crippen MR) is 84.8 cm³/mol. The van der Waals surface area contributed by atoms with Gasteiger partial charge in [0.05, 0.1) is 6.42 Å². The summed E-state index contributed by atoms with van der Waals surface area (Å²) in [6.45, 7) is 7.70. The highest BCUT2D eigenvalue weighted by atomic mass is 127. The molecule has 0 aromatic heterocycles. The lowest BCUT2D eigenvalue weighted by Crippen LogP contribution is -2.42. The zero-order valence-electron chi connectivity index (χ0n) is 12.4. The molecule has 0 amide bonds. The van der Waals surface area contributed by atoms with Gasteiger partial charge in [-0.05, 0) is 46.7 Å². The van der Waals surface area contributed by atoms with Crippen LogP contribution in [0.5, 0.6) is 0 Å². The molecule has 0 aliphatic carbocycles. The van der Waals surface area contributed by atoms with Crippen molar-refractivity contribution in [3.63, 3.8) is 0 Å². The summed E-state index contributed by atoms with van der Waals surface area (Å²) in [4.78, 5) is 23.1. The van der Waals surface area contributed by atoms with Crippen molar-refractivity contribution < 1.29 is 19.1 Å². The molecular formula is C14H24INO4. The van der Waals surface area contributed by atoms with Crippen molar-refractivity contribution >= 4 is 34.5 Å². The first-order valence-electron chi connectivity index (χ1n) is 7.06. The number of halogens is 1. The quantitative estimate of drug-likeness (QED) is 0.422. The van der Waals surface area contributed by atoms with Crippen LogP contribution in [0.2, 0.25) is 0 Å². The van der Waals surface area contributed by atoms with Crippen molar-refractivity contribution in [2.24, 2.45) is 5.92 Å². The van der Waals surface area contributed by atoms with E-state index in [-0.39, 0.29) is 28.9 Å². The van der Waals surface area contributed by atoms with Gasteiger partial charge in [-0.2, -0.15) is 0 Å². The number of hydrogen-bond donors (Lipinski definition) is 1. The van der Waals surface area contributed by atoms with Crippen LogP contribution >= 0.6 is 22.6 Å². The van der Waals surface area contributed by atoms with Gasteiger partial charge in [0.25, 0.3) is 0 Å². The molecule has 1 saturated heterocycles. The maximum atomic E-state index is 11.8. The Morgan fingerprint density at radius 1 is 1.35 bits per heavy atom. The van der Waals surface area contributed by atoms with Crippen LogP contribution in [0.15, 0.2) is 0 Å². The van der Waals surface area contributed by atoms with Gasteiger partial charge in [0.15, 0.2) is 0 Å². The van der Waals surface area contributed by atoms with Crippen LogP contribution < -0.4 is 5.32 Å². The van der Waals surface area contributed by atoms with Gasteiger partial charge in [0.1, 0.15) is 16.1 Å². The number of hydrogen-bond acceptors (Lipinski definition) is 5. The maximum absolute atomic E-state index is 11.8. The zero-order valence-corrected chi connectivity index (χ0v) is 14.6. The van der Waals surface area contributed by atoms with Crippen molar-refractivity contribution in [1.82, 2.24) is 5.32 Å². The summed E-state index contributed by atoms with van der Waals surface area (Å²) < 4.78 is 10.3. The van der Waals surface area contributed by atoms with Gasteiger partial charge < -0.3 is 14.8 Å². The minimum atomic E-state index is -0.459. The molecule has 1 N–H and O–H groups in total. The van der Waals surface area contributed by atoms with E-state index in [0.29, 0.717) is 5.92 Å². The summed E-state index contributed by atoms with van der Waals surface area (Å²) in [5, 5.41) is 3.30. The molecule has 1 unspecified atom stereocenters. The van der Waals surface area contributed by atoms with Crippen molar-refractivity contribution in [2.45, 2.75) is 49.6 Å². The molecule has 6 heteroatoms. The van der Waals surface area contributed by atoms with Crippen LogP contribution in [0.25, 0.3) is 0 Å². The van der Waals surface area contributed by atoms with E-state index < -0.39 is 5.60 Å². The van der Waals surface area contributed by atoms with Crippen LogP contribution in [0.4, 0.5) is 0 Å². The Kier molecular flexibility index (Phi) is 7.22. The molecule has 1 aliphatic rings. The van der Waals surface area contributed by atoms with Crippen molar-refractivity contribution in [3.8, 4) is 0 Å². The van der Waals surface area contributed by atoms with Crippen LogP contribution in [0, 0.1) is 5.92 Å². The number of nitrogens with one attached hydrogen (secondary N) is 1. The van der Waals surface area contributed by atoms with Gasteiger partial charge >= 0.3 is 11.9 Å². The number of piperidine rings is 1. The highest BCUT2D eigenvalue weighted by Gasteiger charge is 2.33. The standard InChI is InChI=1S/C14H24INO4/c1-10(15)13(18)19-9-6-12(17)20-14(2,3)11-4-7-16-8-5-11/h10-11,16H,4-9H2,1-3H3. The molecule has 1 heterocycles. The second-order valence-electron chi connectivity index (χ2n) is 5.64. The largest absolute Gasteiger partial charge is 0.464 e. The molecule has 0 aromatic rings. The second-order valence-corrected chi connectivity index (χ2v) is 7.50. The molecule has 0 saturated carbocycles. The Morgan fingerprint density at radius 2 is 1.95 bits per heavy atom. The average molecular weight is 397 g/mol. The number of ether oxygens (including phenoxy) is 2. The SMILES string of the molecule is CC(I)C(=O)OCCC(=O)OC(C)(C)C1CCNCC1. The summed E-state index contributed by atoms with van der Waals surface area (Å²) in [5.41, 5.74) is -0.459. The highest BCUT2D eigenvalue weighted by molar-refractivity contribution is 14.1. The smallest absolute Gasteiger partial charge is 0.318 e. The van der Waals surface area contributed by atoms with Crippen molar-refractivity contribution in [3.05, 3.63) is 0 Å². The fourth-order valence-electron chi connectivity index (χ4n) is 2.29. The lowest BCUT2D eigenvalue weighted by Gasteiger charge is -2.36. The lowest BCUT2D eigenvalue weighted by atomic mass is 9.83. The van der Waals surface area contributed by atoms with E-state index in [1.165, 1.54) is 0 Å². The molecule has 1 rings (SSSR count). The predicted octanol–water partition coefficient (Wildman–Crippen LogP) is 2.06. The topological polar surface area (TPSA) is 64.6 Å². The molecule has 0 radical (unpaired) electrons. The zero-order chi connectivity index (χ0) is 15.2. The molecule has 1 atom stereocenters. The third-order valence-corrected chi connectivity index (χ3v) is 4.08. The summed E-state index contributed by atoms with van der Waals surface area (Å²) >= 11 is 1.98. The molecule has 116 valence electrons. The minimum Gasteiger partial charge on any atom is -0.464 e. The third-order valence-electron chi connectivity index (χ3n) is 3.57. The Balaban J connectivity index is 2.31. The maximum Gasteiger partial charge on any atom is 0.318 e. The monoisotopic (exact) mass is 397 g/mol. The van der Waals surface area contributed by atoms with Gasteiger partial charge in [-0.3, -0.25) is 9.59 Å². The highest BCUT2D eigenvalue weighted by Crippen LogP contribution is 2.29. The van der Waals surface area contributed by atoms with E-state index >= 15 is 0 Å². The molecule has 1 fully saturated rings. The second kappa shape index (κ2) is 8.17. The molecule has 5 nitrogen and oxygen atoms in total. The number of carbonyl (C=O) groups is 2. The normalized spacial score (nSPS) is 18.4. The van der Waals surface area contributed by atoms with E-state index in [0.717, 1.165) is 25.9 Å². The molecule has 20 heavy (non-hydrogen) atoms. The van der Waals surface area contributed by atoms with E-state index in [4.69, 9.17) is 9.47 Å². The van der Waals surface area contributed by atoms with E-state index in [9.17, 15) is 9.59 Å². The first-order chi connectivity index (χ1) is 9.33. The Bertz CT molecular complexity index is 338. The first-order valence-corrected chi connectivity index (χ1v) is 8.31. The number of esters is 2. The van der Waals surface area contributed by atoms with E-state index in [2.05, 4.69) is 5.32 Å². The number of carbonyl (C=O) groups excluding carboxylic acids is 2. The van der Waals surface area contributed by atoms with E-state index in [1.807, 2.05) is 36.4 Å². The summed E-state index contributed by atoms with van der Waals surface area (Å²) in [6.07, 6.45) is 2.15. The number of alkyl halides is 1. The van der Waals surface area contributed by atoms with Crippen LogP contribution in [0.1, 0.15) is 40.0 Å². The summed E-state index contributed by atoms with van der Waals surface area (Å²) in [7, 11) is 0. The minimum absolute atomic E-state index is 0.0906. The van der Waals surface area contributed by atoms with Crippen molar-refractivity contribution in [2.75, 3.05) is 19.7 Å². The fraction of sp³-hybridized carbons (Fsp3) is 0.857. The first kappa shape index (κ1) is 17.7. The summed E-state index contributed by atoms with van der Waals surface area (Å²) in [5.74, 6) is -0.219. The summed E-state index contributed by atoms with van der Waals surface area (Å²) in [6, 6.07) is 0. The van der Waals surface area contributed by atoms with Crippen LogP contribution in [-0.2, 0) is 19.1 Å². The number of rotatable bonds is 6. The molecule has 0 bridgehead atoms. The van der Waals surface area contributed by atoms with Gasteiger partial charge in [-0.1, -0.05) is 22.6 Å². The Labute approximate surface area is 134 Å². The molecular weight excluding hydrogens is 373 g/mol. The molecule has 0 spiro atoms. The van der Waals surface area contributed by atoms with Gasteiger partial charge in [-0.15, -0.1) is 0 Å². The average Bonchev–Trinajstić information content (AvgIpc) is 2.39. The fourth-order valence-corrected chi connectivity index (χ4v) is 2.47. The van der Waals surface area contributed by atoms with E-state index in [1.54, 1.807) is 6.92 Å². The Morgan fingerprint density at radius 3 is 2.50 bits per heavy atom. The van der Waals surface area contributed by atoms with Crippen LogP contribution in [0.3, 0.4) is 0 Å². The lowest BCUT2D eigenvalue weighted by molar-refractivity contribution is -0.164. The molecule has 1 aliphatic heterocycles. The van der Waals surface area contributed by atoms with Gasteiger partial charge in [0.2, 0.25) is 0 Å². The van der Waals surface area contributed by atoms with Gasteiger partial charge in [-0.25, -0.2) is 0 Å². The molecule has 0 aromatic carbocycles. The van der Waals surface area contributed by atoms with Gasteiger partial charge in [0, 0.05) is 5.92 Å².